The molecule has 0 unspecified atom stereocenters. The van der Waals surface area contributed by atoms with Crippen LogP contribution >= 0.6 is 0 Å². The van der Waals surface area contributed by atoms with Crippen LogP contribution in [0.3, 0.4) is 0 Å². The average molecular weight is 754 g/mol. The summed E-state index contributed by atoms with van der Waals surface area (Å²) in [5, 5.41) is 20.5. The minimum absolute atomic E-state index is 0.116. The van der Waals surface area contributed by atoms with Crippen LogP contribution in [0.15, 0.2) is 83.0 Å². The second kappa shape index (κ2) is 14.7. The molecule has 3 aromatic heterocycles. The van der Waals surface area contributed by atoms with E-state index < -0.39 is 31.5 Å². The molecule has 0 fully saturated rings. The number of carbonyl (C=O) groups is 2. The van der Waals surface area contributed by atoms with Gasteiger partial charge in [0.1, 0.15) is 5.82 Å². The first kappa shape index (κ1) is 37.9. The van der Waals surface area contributed by atoms with Gasteiger partial charge in [-0.2, -0.15) is 10.4 Å². The first-order valence-electron chi connectivity index (χ1n) is 15.8. The van der Waals surface area contributed by atoms with Crippen molar-refractivity contribution in [3.8, 4) is 6.07 Å². The highest BCUT2D eigenvalue weighted by Crippen LogP contribution is 2.34. The number of nitrogens with two attached hydrogens (primary N) is 2. The van der Waals surface area contributed by atoms with Gasteiger partial charge in [-0.15, -0.1) is 0 Å². The number of rotatable bonds is 9. The quantitative estimate of drug-likeness (QED) is 0.157. The van der Waals surface area contributed by atoms with Crippen molar-refractivity contribution in [2.75, 3.05) is 23.1 Å². The molecule has 272 valence electrons. The van der Waals surface area contributed by atoms with Gasteiger partial charge >= 0.3 is 0 Å². The number of carbonyl (C=O) groups excluding carboxylic acids is 2. The fourth-order valence-electron chi connectivity index (χ4n) is 5.60. The molecule has 3 aromatic carbocycles. The zero-order chi connectivity index (χ0) is 38.8. The summed E-state index contributed by atoms with van der Waals surface area (Å²) in [5.41, 5.74) is 15.5. The largest absolute Gasteiger partial charge is 0.365 e. The highest BCUT2D eigenvalue weighted by atomic mass is 32.2. The number of benzene rings is 3. The van der Waals surface area contributed by atoms with Crippen LogP contribution in [0.2, 0.25) is 0 Å². The van der Waals surface area contributed by atoms with Gasteiger partial charge in [0, 0.05) is 54.0 Å². The smallest absolute Gasteiger partial charge is 0.252 e. The summed E-state index contributed by atoms with van der Waals surface area (Å²) in [4.78, 5) is 32.7. The molecule has 0 atom stereocenters. The van der Waals surface area contributed by atoms with E-state index in [0.29, 0.717) is 67.9 Å². The molecule has 0 aliphatic heterocycles. The molecule has 0 spiro atoms. The van der Waals surface area contributed by atoms with Crippen LogP contribution in [-0.2, 0) is 26.2 Å². The van der Waals surface area contributed by atoms with Crippen LogP contribution in [0.1, 0.15) is 44.3 Å². The molecule has 15 nitrogen and oxygen atoms in total. The first-order valence-corrected chi connectivity index (χ1v) is 19.6. The van der Waals surface area contributed by atoms with Gasteiger partial charge in [0.2, 0.25) is 0 Å². The lowest BCUT2D eigenvalue weighted by atomic mass is 10.0. The van der Waals surface area contributed by atoms with Crippen LogP contribution in [0.25, 0.3) is 21.8 Å². The second-order valence-electron chi connectivity index (χ2n) is 12.1. The van der Waals surface area contributed by atoms with Crippen molar-refractivity contribution in [1.29, 1.82) is 5.26 Å². The second-order valence-corrected chi connectivity index (χ2v) is 16.1. The number of nitriles is 1. The molecule has 6 aromatic rings. The fraction of sp³-hybridized carbons (Fsp3) is 0.167. The molecule has 0 aliphatic carbocycles. The lowest BCUT2D eigenvalue weighted by Crippen LogP contribution is -2.15. The Bertz CT molecular complexity index is 2720. The van der Waals surface area contributed by atoms with Crippen LogP contribution in [0, 0.1) is 25.2 Å². The molecule has 0 saturated carbocycles. The van der Waals surface area contributed by atoms with Gasteiger partial charge in [0.05, 0.1) is 61.2 Å². The highest BCUT2D eigenvalue weighted by molar-refractivity contribution is 7.91. The summed E-state index contributed by atoms with van der Waals surface area (Å²) in [6.45, 7) is 6.07. The lowest BCUT2D eigenvalue weighted by molar-refractivity contribution is 0.0992. The normalized spacial score (nSPS) is 11.4. The maximum absolute atomic E-state index is 12.0. The number of pyridine rings is 2. The van der Waals surface area contributed by atoms with Crippen LogP contribution in [-0.4, -0.2) is 60.9 Å². The Labute approximate surface area is 305 Å². The van der Waals surface area contributed by atoms with E-state index in [0.717, 1.165) is 12.5 Å². The Hall–Kier alpha value is -6.38. The number of amides is 2. The van der Waals surface area contributed by atoms with Crippen molar-refractivity contribution in [2.24, 2.45) is 11.5 Å². The molecule has 3 heterocycles. The summed E-state index contributed by atoms with van der Waals surface area (Å²) < 4.78 is 49.8. The van der Waals surface area contributed by atoms with Gasteiger partial charge < -0.3 is 22.1 Å². The van der Waals surface area contributed by atoms with E-state index in [9.17, 15) is 26.4 Å². The standard InChI is InChI=1S/C19H16N4O3S.C17H19N5O3S/c1-11-6-14(27(2,25)26)8-15-17(11)22-10-16(19(21)24)18(15)23-13-5-3-4-12(7-13)9-20;1-4-22-14(5-6-20-22)21-16-12-8-11(26(3,24)25)7-10(2)15(12)19-9-13(16)17(18)23/h3-8,10H,1-2H3,(H2,21,24)(H,22,23);5-9H,4H2,1-3H3,(H2,18,23)(H,19,21). The van der Waals surface area contributed by atoms with Gasteiger partial charge in [-0.1, -0.05) is 6.07 Å². The van der Waals surface area contributed by atoms with E-state index in [2.05, 4.69) is 25.7 Å². The summed E-state index contributed by atoms with van der Waals surface area (Å²) >= 11 is 0. The van der Waals surface area contributed by atoms with Crippen molar-refractivity contribution in [3.63, 3.8) is 0 Å². The number of aromatic nitrogens is 4. The van der Waals surface area contributed by atoms with Crippen molar-refractivity contribution < 1.29 is 26.4 Å². The van der Waals surface area contributed by atoms with Gasteiger partial charge in [0.15, 0.2) is 19.7 Å². The van der Waals surface area contributed by atoms with Crippen molar-refractivity contribution in [3.05, 3.63) is 101 Å². The van der Waals surface area contributed by atoms with Crippen LogP contribution < -0.4 is 22.1 Å². The topological polar surface area (TPSA) is 246 Å². The molecular weight excluding hydrogens is 719 g/mol. The Balaban J connectivity index is 0.000000204. The van der Waals surface area contributed by atoms with Gasteiger partial charge in [-0.25, -0.2) is 21.5 Å². The molecule has 2 amide bonds. The number of aryl methyl sites for hydroxylation is 3. The van der Waals surface area contributed by atoms with E-state index >= 15 is 0 Å². The molecular formula is C36H35N9O6S2. The Morgan fingerprint density at radius 2 is 1.30 bits per heavy atom. The maximum atomic E-state index is 12.0. The Morgan fingerprint density at radius 1 is 0.792 bits per heavy atom. The van der Waals surface area contributed by atoms with E-state index in [1.165, 1.54) is 30.6 Å². The molecule has 53 heavy (non-hydrogen) atoms. The third kappa shape index (κ3) is 8.08. The third-order valence-electron chi connectivity index (χ3n) is 8.19. The van der Waals surface area contributed by atoms with Crippen molar-refractivity contribution in [2.45, 2.75) is 37.1 Å². The summed E-state index contributed by atoms with van der Waals surface area (Å²) in [7, 11) is -6.90. The third-order valence-corrected chi connectivity index (χ3v) is 10.4. The monoisotopic (exact) mass is 753 g/mol. The van der Waals surface area contributed by atoms with E-state index in [4.69, 9.17) is 16.7 Å². The Morgan fingerprint density at radius 3 is 1.75 bits per heavy atom. The minimum atomic E-state index is -3.46. The lowest BCUT2D eigenvalue weighted by Gasteiger charge is -2.15. The molecule has 6 rings (SSSR count). The predicted molar refractivity (Wildman–Crippen MR) is 202 cm³/mol. The van der Waals surface area contributed by atoms with Gasteiger partial charge in [0.25, 0.3) is 11.8 Å². The molecule has 0 bridgehead atoms. The Kier molecular flexibility index (Phi) is 10.5. The maximum Gasteiger partial charge on any atom is 0.252 e. The molecule has 17 heteroatoms. The number of sulfone groups is 2. The summed E-state index contributed by atoms with van der Waals surface area (Å²) in [5.74, 6) is -0.706. The number of hydrogen-bond acceptors (Lipinski definition) is 12. The van der Waals surface area contributed by atoms with Crippen molar-refractivity contribution >= 4 is 76.2 Å². The molecule has 0 radical (unpaired) electrons. The van der Waals surface area contributed by atoms with E-state index in [1.807, 2.05) is 13.0 Å². The molecule has 0 saturated heterocycles. The minimum Gasteiger partial charge on any atom is -0.365 e. The summed E-state index contributed by atoms with van der Waals surface area (Å²) in [6.07, 6.45) is 6.63. The van der Waals surface area contributed by atoms with Crippen molar-refractivity contribution in [1.82, 2.24) is 19.7 Å². The number of nitrogens with zero attached hydrogens (tertiary/aromatic N) is 5. The van der Waals surface area contributed by atoms with Gasteiger partial charge in [-0.05, 0) is 74.4 Å². The number of anilines is 4. The van der Waals surface area contributed by atoms with Gasteiger partial charge in [-0.3, -0.25) is 19.6 Å². The van der Waals surface area contributed by atoms with E-state index in [1.54, 1.807) is 61.1 Å². The first-order chi connectivity index (χ1) is 24.9. The zero-order valence-electron chi connectivity index (χ0n) is 29.3. The van der Waals surface area contributed by atoms with Crippen LogP contribution in [0.5, 0.6) is 0 Å². The van der Waals surface area contributed by atoms with Crippen LogP contribution in [0.4, 0.5) is 22.9 Å². The predicted octanol–water partition coefficient (Wildman–Crippen LogP) is 4.67. The summed E-state index contributed by atoms with van der Waals surface area (Å²) in [6, 6.07) is 16.6. The number of hydrogen-bond donors (Lipinski definition) is 4. The number of nitrogens with one attached hydrogen (secondary N) is 2. The average Bonchev–Trinajstić information content (AvgIpc) is 3.55. The van der Waals surface area contributed by atoms with E-state index in [-0.39, 0.29) is 20.9 Å². The zero-order valence-corrected chi connectivity index (χ0v) is 30.9. The number of fused-ring (bicyclic) bond motifs is 2. The highest BCUT2D eigenvalue weighted by Gasteiger charge is 2.20. The SMILES string of the molecule is CCn1nccc1Nc1c(C(N)=O)cnc2c(C)cc(S(C)(=O)=O)cc12.Cc1cc(S(C)(=O)=O)cc2c(Nc3cccc(C#N)c3)c(C(N)=O)cnc12. The molecule has 6 N–H and O–H groups in total. The fourth-order valence-corrected chi connectivity index (χ4v) is 7.04. The number of primary amides is 2. The molecule has 0 aliphatic rings.